The van der Waals surface area contributed by atoms with E-state index < -0.39 is 0 Å². The molecule has 0 aromatic carbocycles. The highest BCUT2D eigenvalue weighted by atomic mass is 15.3. The van der Waals surface area contributed by atoms with Crippen LogP contribution in [0.15, 0.2) is 18.5 Å². The van der Waals surface area contributed by atoms with Gasteiger partial charge in [0.1, 0.15) is 0 Å². The first-order valence-electron chi connectivity index (χ1n) is 7.07. The Morgan fingerprint density at radius 3 is 2.88 bits per heavy atom. The molecule has 17 heavy (non-hydrogen) atoms. The van der Waals surface area contributed by atoms with Crippen molar-refractivity contribution in [3.05, 3.63) is 18.5 Å². The maximum atomic E-state index is 4.44. The molecule has 3 unspecified atom stereocenters. The van der Waals surface area contributed by atoms with Crippen molar-refractivity contribution in [1.82, 2.24) is 15.1 Å². The Bertz CT molecular complexity index is 307. The van der Waals surface area contributed by atoms with Crippen molar-refractivity contribution < 1.29 is 0 Å². The van der Waals surface area contributed by atoms with E-state index in [-0.39, 0.29) is 0 Å². The molecule has 1 aliphatic carbocycles. The SMILES string of the molecule is CCCC1CCC(NCC)C(n2cccn2)C1. The van der Waals surface area contributed by atoms with Crippen LogP contribution in [0.2, 0.25) is 0 Å². The average Bonchev–Trinajstić information content (AvgIpc) is 2.85. The summed E-state index contributed by atoms with van der Waals surface area (Å²) in [7, 11) is 0. The molecular formula is C14H25N3. The molecule has 1 saturated carbocycles. The number of nitrogens with zero attached hydrogens (tertiary/aromatic N) is 2. The molecule has 3 heteroatoms. The zero-order chi connectivity index (χ0) is 12.1. The Morgan fingerprint density at radius 2 is 2.24 bits per heavy atom. The summed E-state index contributed by atoms with van der Waals surface area (Å²) in [4.78, 5) is 0. The van der Waals surface area contributed by atoms with Gasteiger partial charge in [0.05, 0.1) is 6.04 Å². The van der Waals surface area contributed by atoms with Gasteiger partial charge in [-0.3, -0.25) is 4.68 Å². The maximum absolute atomic E-state index is 4.44. The number of hydrogen-bond acceptors (Lipinski definition) is 2. The van der Waals surface area contributed by atoms with Gasteiger partial charge in [0.2, 0.25) is 0 Å². The lowest BCUT2D eigenvalue weighted by Crippen LogP contribution is -2.42. The molecule has 1 heterocycles. The third-order valence-electron chi connectivity index (χ3n) is 3.95. The van der Waals surface area contributed by atoms with Crippen molar-refractivity contribution in [2.75, 3.05) is 6.54 Å². The van der Waals surface area contributed by atoms with Gasteiger partial charge < -0.3 is 5.32 Å². The fourth-order valence-corrected chi connectivity index (χ4v) is 3.17. The number of hydrogen-bond donors (Lipinski definition) is 1. The molecule has 0 amide bonds. The normalized spacial score (nSPS) is 29.4. The number of likely N-dealkylation sites (N-methyl/N-ethyl adjacent to an activating group) is 1. The molecule has 0 spiro atoms. The van der Waals surface area contributed by atoms with Crippen LogP contribution in [0.5, 0.6) is 0 Å². The third-order valence-corrected chi connectivity index (χ3v) is 3.95. The van der Waals surface area contributed by atoms with Crippen LogP contribution in [-0.4, -0.2) is 22.4 Å². The second-order valence-corrected chi connectivity index (χ2v) is 5.19. The number of nitrogens with one attached hydrogen (secondary N) is 1. The van der Waals surface area contributed by atoms with Crippen molar-refractivity contribution in [3.8, 4) is 0 Å². The fourth-order valence-electron chi connectivity index (χ4n) is 3.17. The van der Waals surface area contributed by atoms with Gasteiger partial charge in [-0.1, -0.05) is 26.7 Å². The minimum Gasteiger partial charge on any atom is -0.312 e. The molecule has 3 nitrogen and oxygen atoms in total. The second kappa shape index (κ2) is 6.20. The lowest BCUT2D eigenvalue weighted by Gasteiger charge is -2.36. The first kappa shape index (κ1) is 12.6. The molecule has 1 N–H and O–H groups in total. The monoisotopic (exact) mass is 235 g/mol. The smallest absolute Gasteiger partial charge is 0.0674 e. The van der Waals surface area contributed by atoms with Gasteiger partial charge in [0.15, 0.2) is 0 Å². The zero-order valence-electron chi connectivity index (χ0n) is 11.1. The summed E-state index contributed by atoms with van der Waals surface area (Å²) < 4.78 is 2.16. The lowest BCUT2D eigenvalue weighted by atomic mass is 9.80. The molecule has 1 aliphatic rings. The predicted octanol–water partition coefficient (Wildman–Crippen LogP) is 3.00. The van der Waals surface area contributed by atoms with E-state index in [1.165, 1.54) is 32.1 Å². The van der Waals surface area contributed by atoms with E-state index in [1.54, 1.807) is 0 Å². The topological polar surface area (TPSA) is 29.9 Å². The van der Waals surface area contributed by atoms with Gasteiger partial charge in [-0.05, 0) is 37.8 Å². The van der Waals surface area contributed by atoms with E-state index in [0.717, 1.165) is 12.5 Å². The van der Waals surface area contributed by atoms with Crippen molar-refractivity contribution in [1.29, 1.82) is 0 Å². The standard InChI is InChI=1S/C14H25N3/c1-3-6-12-7-8-13(15-4-2)14(11-12)17-10-5-9-16-17/h5,9-10,12-15H,3-4,6-8,11H2,1-2H3. The van der Waals surface area contributed by atoms with Gasteiger partial charge in [-0.2, -0.15) is 5.10 Å². The van der Waals surface area contributed by atoms with Crippen LogP contribution in [0, 0.1) is 5.92 Å². The van der Waals surface area contributed by atoms with Gasteiger partial charge in [-0.25, -0.2) is 0 Å². The summed E-state index contributed by atoms with van der Waals surface area (Å²) in [5.74, 6) is 0.893. The van der Waals surface area contributed by atoms with Crippen molar-refractivity contribution >= 4 is 0 Å². The van der Waals surface area contributed by atoms with E-state index in [4.69, 9.17) is 0 Å². The first-order valence-corrected chi connectivity index (χ1v) is 7.07. The van der Waals surface area contributed by atoms with E-state index in [1.807, 2.05) is 12.3 Å². The predicted molar refractivity (Wildman–Crippen MR) is 71.0 cm³/mol. The highest BCUT2D eigenvalue weighted by Crippen LogP contribution is 2.34. The van der Waals surface area contributed by atoms with E-state index in [2.05, 4.69) is 35.1 Å². The largest absolute Gasteiger partial charge is 0.312 e. The summed E-state index contributed by atoms with van der Waals surface area (Å²) >= 11 is 0. The van der Waals surface area contributed by atoms with Crippen LogP contribution in [0.4, 0.5) is 0 Å². The van der Waals surface area contributed by atoms with Crippen LogP contribution in [0.25, 0.3) is 0 Å². The van der Waals surface area contributed by atoms with Gasteiger partial charge in [0, 0.05) is 18.4 Å². The van der Waals surface area contributed by atoms with E-state index in [9.17, 15) is 0 Å². The Balaban J connectivity index is 2.04. The highest BCUT2D eigenvalue weighted by Gasteiger charge is 2.30. The molecule has 0 bridgehead atoms. The van der Waals surface area contributed by atoms with Crippen molar-refractivity contribution in [2.24, 2.45) is 5.92 Å². The Labute approximate surface area is 105 Å². The molecule has 2 rings (SSSR count). The van der Waals surface area contributed by atoms with Crippen LogP contribution in [0.1, 0.15) is 52.0 Å². The Kier molecular flexibility index (Phi) is 4.60. The lowest BCUT2D eigenvalue weighted by molar-refractivity contribution is 0.188. The second-order valence-electron chi connectivity index (χ2n) is 5.19. The molecule has 1 aromatic rings. The maximum Gasteiger partial charge on any atom is 0.0674 e. The molecule has 0 aliphatic heterocycles. The molecular weight excluding hydrogens is 210 g/mol. The summed E-state index contributed by atoms with van der Waals surface area (Å²) in [5.41, 5.74) is 0. The third kappa shape index (κ3) is 3.09. The average molecular weight is 235 g/mol. The fraction of sp³-hybridized carbons (Fsp3) is 0.786. The summed E-state index contributed by atoms with van der Waals surface area (Å²) in [6.45, 7) is 5.54. The number of aromatic nitrogens is 2. The van der Waals surface area contributed by atoms with Crippen molar-refractivity contribution in [2.45, 2.75) is 58.0 Å². The molecule has 3 atom stereocenters. The van der Waals surface area contributed by atoms with Crippen molar-refractivity contribution in [3.63, 3.8) is 0 Å². The van der Waals surface area contributed by atoms with Crippen LogP contribution < -0.4 is 5.32 Å². The minimum absolute atomic E-state index is 0.551. The number of rotatable bonds is 5. The first-order chi connectivity index (χ1) is 8.35. The summed E-state index contributed by atoms with van der Waals surface area (Å²) in [6.07, 6.45) is 10.6. The van der Waals surface area contributed by atoms with Crippen LogP contribution in [-0.2, 0) is 0 Å². The Morgan fingerprint density at radius 1 is 1.35 bits per heavy atom. The zero-order valence-corrected chi connectivity index (χ0v) is 11.1. The van der Waals surface area contributed by atoms with Crippen LogP contribution in [0.3, 0.4) is 0 Å². The Hall–Kier alpha value is -0.830. The summed E-state index contributed by atoms with van der Waals surface area (Å²) in [5, 5.41) is 8.07. The van der Waals surface area contributed by atoms with Crippen LogP contribution >= 0.6 is 0 Å². The highest BCUT2D eigenvalue weighted by molar-refractivity contribution is 4.91. The minimum atomic E-state index is 0.551. The molecule has 1 fully saturated rings. The molecule has 0 radical (unpaired) electrons. The van der Waals surface area contributed by atoms with Gasteiger partial charge in [0.25, 0.3) is 0 Å². The molecule has 96 valence electrons. The molecule has 1 aromatic heterocycles. The van der Waals surface area contributed by atoms with E-state index >= 15 is 0 Å². The van der Waals surface area contributed by atoms with Gasteiger partial charge >= 0.3 is 0 Å². The quantitative estimate of drug-likeness (QED) is 0.850. The summed E-state index contributed by atoms with van der Waals surface area (Å²) in [6, 6.07) is 3.19. The molecule has 0 saturated heterocycles. The van der Waals surface area contributed by atoms with Gasteiger partial charge in [-0.15, -0.1) is 0 Å². The van der Waals surface area contributed by atoms with E-state index in [0.29, 0.717) is 12.1 Å².